The van der Waals surface area contributed by atoms with E-state index in [2.05, 4.69) is 5.43 Å². The first kappa shape index (κ1) is 18.3. The summed E-state index contributed by atoms with van der Waals surface area (Å²) in [6.45, 7) is 5.47. The minimum atomic E-state index is -0.643. The minimum absolute atomic E-state index is 0.135. The van der Waals surface area contributed by atoms with Crippen LogP contribution >= 0.6 is 23.2 Å². The largest absolute Gasteiger partial charge is 0.272 e. The van der Waals surface area contributed by atoms with Gasteiger partial charge in [-0.05, 0) is 45.0 Å². The van der Waals surface area contributed by atoms with Crippen LogP contribution in [-0.2, 0) is 0 Å². The van der Waals surface area contributed by atoms with Crippen LogP contribution in [0.5, 0.6) is 0 Å². The van der Waals surface area contributed by atoms with Gasteiger partial charge in [0.2, 0.25) is 0 Å². The van der Waals surface area contributed by atoms with Crippen molar-refractivity contribution in [2.75, 3.05) is 0 Å². The van der Waals surface area contributed by atoms with E-state index in [9.17, 15) is 9.59 Å². The number of hydrogen-bond acceptors (Lipinski definition) is 2. The Hall–Kier alpha value is -2.04. The van der Waals surface area contributed by atoms with Crippen molar-refractivity contribution in [2.24, 2.45) is 0 Å². The van der Waals surface area contributed by atoms with Gasteiger partial charge in [0.15, 0.2) is 0 Å². The van der Waals surface area contributed by atoms with Gasteiger partial charge in [-0.25, -0.2) is 5.01 Å². The molecule has 2 rings (SSSR count). The summed E-state index contributed by atoms with van der Waals surface area (Å²) in [5.74, 6) is -0.857. The smallest absolute Gasteiger partial charge is 0.267 e. The van der Waals surface area contributed by atoms with Crippen LogP contribution in [0.1, 0.15) is 41.5 Å². The van der Waals surface area contributed by atoms with Crippen molar-refractivity contribution in [3.05, 3.63) is 69.7 Å². The van der Waals surface area contributed by atoms with Crippen molar-refractivity contribution in [2.45, 2.75) is 26.3 Å². The quantitative estimate of drug-likeness (QED) is 0.792. The first-order valence-electron chi connectivity index (χ1n) is 7.36. The molecule has 1 N–H and O–H groups in total. The van der Waals surface area contributed by atoms with Crippen molar-refractivity contribution < 1.29 is 9.59 Å². The third kappa shape index (κ3) is 4.08. The lowest BCUT2D eigenvalue weighted by Crippen LogP contribution is -2.56. The lowest BCUT2D eigenvalue weighted by Gasteiger charge is -2.35. The van der Waals surface area contributed by atoms with Crippen LogP contribution in [0.2, 0.25) is 10.0 Å². The summed E-state index contributed by atoms with van der Waals surface area (Å²) in [5.41, 5.74) is 2.59. The van der Waals surface area contributed by atoms with Crippen molar-refractivity contribution >= 4 is 35.0 Å². The molecule has 0 saturated heterocycles. The van der Waals surface area contributed by atoms with Crippen LogP contribution in [0.4, 0.5) is 0 Å². The molecule has 6 heteroatoms. The number of carbonyl (C=O) groups excluding carboxylic acids is 2. The second-order valence-corrected chi connectivity index (χ2v) is 7.03. The molecular weight excluding hydrogens is 347 g/mol. The first-order valence-corrected chi connectivity index (χ1v) is 8.12. The lowest BCUT2D eigenvalue weighted by molar-refractivity contribution is 0.0358. The molecule has 2 aromatic carbocycles. The molecule has 0 saturated carbocycles. The summed E-state index contributed by atoms with van der Waals surface area (Å²) in [4.78, 5) is 25.4. The molecule has 126 valence electrons. The molecule has 0 unspecified atom stereocenters. The Morgan fingerprint density at radius 2 is 1.46 bits per heavy atom. The maximum Gasteiger partial charge on any atom is 0.272 e. The molecule has 0 aliphatic rings. The third-order valence-corrected chi connectivity index (χ3v) is 3.93. The molecular formula is C18H18Cl2N2O2. The normalized spacial score (nSPS) is 11.0. The zero-order chi connectivity index (χ0) is 17.9. The summed E-state index contributed by atoms with van der Waals surface area (Å²) < 4.78 is 0. The Morgan fingerprint density at radius 3 is 1.96 bits per heavy atom. The van der Waals surface area contributed by atoms with Gasteiger partial charge >= 0.3 is 0 Å². The lowest BCUT2D eigenvalue weighted by atomic mass is 10.1. The fraction of sp³-hybridized carbons (Fsp3) is 0.222. The predicted molar refractivity (Wildman–Crippen MR) is 96.3 cm³/mol. The molecule has 0 spiro atoms. The summed E-state index contributed by atoms with van der Waals surface area (Å²) >= 11 is 12.1. The van der Waals surface area contributed by atoms with Crippen molar-refractivity contribution in [1.82, 2.24) is 10.4 Å². The van der Waals surface area contributed by atoms with E-state index in [0.29, 0.717) is 5.56 Å². The van der Waals surface area contributed by atoms with Gasteiger partial charge in [-0.15, -0.1) is 0 Å². The third-order valence-electron chi connectivity index (χ3n) is 3.30. The number of hydrogen-bond donors (Lipinski definition) is 1. The summed E-state index contributed by atoms with van der Waals surface area (Å²) in [5, 5.41) is 1.73. The van der Waals surface area contributed by atoms with Crippen LogP contribution in [0.25, 0.3) is 0 Å². The van der Waals surface area contributed by atoms with E-state index < -0.39 is 11.4 Å². The van der Waals surface area contributed by atoms with Gasteiger partial charge in [0, 0.05) is 5.56 Å². The second kappa shape index (κ2) is 7.24. The number of hydrazine groups is 1. The number of nitrogens with one attached hydrogen (secondary N) is 1. The van der Waals surface area contributed by atoms with E-state index in [0.717, 1.165) is 0 Å². The summed E-state index contributed by atoms with van der Waals surface area (Å²) in [6.07, 6.45) is 0. The monoisotopic (exact) mass is 364 g/mol. The highest BCUT2D eigenvalue weighted by Gasteiger charge is 2.30. The topological polar surface area (TPSA) is 49.4 Å². The van der Waals surface area contributed by atoms with E-state index in [1.54, 1.807) is 42.5 Å². The Bertz CT molecular complexity index is 735. The van der Waals surface area contributed by atoms with Crippen LogP contribution in [0, 0.1) is 0 Å². The highest BCUT2D eigenvalue weighted by atomic mass is 35.5. The fourth-order valence-electron chi connectivity index (χ4n) is 2.11. The van der Waals surface area contributed by atoms with Crippen LogP contribution in [0.3, 0.4) is 0 Å². The molecule has 0 radical (unpaired) electrons. The van der Waals surface area contributed by atoms with Crippen LogP contribution < -0.4 is 5.43 Å². The molecule has 0 bridgehead atoms. The molecule has 4 nitrogen and oxygen atoms in total. The minimum Gasteiger partial charge on any atom is -0.267 e. The molecule has 0 aliphatic heterocycles. The standard InChI is InChI=1S/C18H18Cl2N2O2/c1-18(2,3)22(17(24)12-8-5-4-6-9-12)21-16(23)15-13(19)10-7-11-14(15)20/h4-11H,1-3H3,(H,21,23). The molecule has 0 aromatic heterocycles. The summed E-state index contributed by atoms with van der Waals surface area (Å²) in [7, 11) is 0. The fourth-order valence-corrected chi connectivity index (χ4v) is 2.67. The molecule has 0 atom stereocenters. The molecule has 0 fully saturated rings. The number of carbonyl (C=O) groups is 2. The van der Waals surface area contributed by atoms with E-state index in [1.807, 2.05) is 26.8 Å². The van der Waals surface area contributed by atoms with E-state index in [4.69, 9.17) is 23.2 Å². The number of halogens is 2. The SMILES string of the molecule is CC(C)(C)N(NC(=O)c1c(Cl)cccc1Cl)C(=O)c1ccccc1. The Labute approximate surface area is 151 Å². The van der Waals surface area contributed by atoms with Gasteiger partial charge in [0.25, 0.3) is 11.8 Å². The molecule has 2 aromatic rings. The van der Waals surface area contributed by atoms with Gasteiger partial charge in [0.05, 0.1) is 21.1 Å². The number of amides is 2. The first-order chi connectivity index (χ1) is 11.2. The van der Waals surface area contributed by atoms with Crippen LogP contribution in [-0.4, -0.2) is 22.4 Å². The highest BCUT2D eigenvalue weighted by Crippen LogP contribution is 2.25. The second-order valence-electron chi connectivity index (χ2n) is 6.21. The molecule has 0 aliphatic carbocycles. The number of nitrogens with zero attached hydrogens (tertiary/aromatic N) is 1. The van der Waals surface area contributed by atoms with E-state index in [1.165, 1.54) is 5.01 Å². The van der Waals surface area contributed by atoms with E-state index >= 15 is 0 Å². The highest BCUT2D eigenvalue weighted by molar-refractivity contribution is 6.39. The van der Waals surface area contributed by atoms with Crippen molar-refractivity contribution in [3.63, 3.8) is 0 Å². The van der Waals surface area contributed by atoms with Crippen LogP contribution in [0.15, 0.2) is 48.5 Å². The maximum atomic E-state index is 12.8. The maximum absolute atomic E-state index is 12.8. The zero-order valence-electron chi connectivity index (χ0n) is 13.6. The Morgan fingerprint density at radius 1 is 0.917 bits per heavy atom. The van der Waals surface area contributed by atoms with Gasteiger partial charge in [-0.2, -0.15) is 0 Å². The Kier molecular flexibility index (Phi) is 5.52. The molecule has 0 heterocycles. The number of benzene rings is 2. The van der Waals surface area contributed by atoms with Gasteiger partial charge in [0.1, 0.15) is 0 Å². The molecule has 24 heavy (non-hydrogen) atoms. The summed E-state index contributed by atoms with van der Waals surface area (Å²) in [6, 6.07) is 13.5. The van der Waals surface area contributed by atoms with Crippen molar-refractivity contribution in [3.8, 4) is 0 Å². The van der Waals surface area contributed by atoms with Gasteiger partial charge in [-0.1, -0.05) is 47.5 Å². The average Bonchev–Trinajstić information content (AvgIpc) is 2.51. The Balaban J connectivity index is 2.34. The number of rotatable bonds is 2. The predicted octanol–water partition coefficient (Wildman–Crippen LogP) is 4.58. The van der Waals surface area contributed by atoms with Crippen molar-refractivity contribution in [1.29, 1.82) is 0 Å². The molecule has 2 amide bonds. The zero-order valence-corrected chi connectivity index (χ0v) is 15.2. The van der Waals surface area contributed by atoms with E-state index in [-0.39, 0.29) is 21.5 Å². The average molecular weight is 365 g/mol. The van der Waals surface area contributed by atoms with Gasteiger partial charge in [-0.3, -0.25) is 15.0 Å². The van der Waals surface area contributed by atoms with Gasteiger partial charge < -0.3 is 0 Å².